The summed E-state index contributed by atoms with van der Waals surface area (Å²) in [5, 5.41) is 2.12. The van der Waals surface area contributed by atoms with Crippen molar-refractivity contribution in [3.63, 3.8) is 0 Å². The lowest BCUT2D eigenvalue weighted by molar-refractivity contribution is 0.135. The fourth-order valence-corrected chi connectivity index (χ4v) is 5.45. The van der Waals surface area contributed by atoms with Gasteiger partial charge in [-0.3, -0.25) is 0 Å². The minimum absolute atomic E-state index is 0.759. The largest absolute Gasteiger partial charge is 0.380 e. The monoisotopic (exact) mass is 458 g/mol. The fourth-order valence-electron chi connectivity index (χ4n) is 3.73. The third-order valence-electron chi connectivity index (χ3n) is 5.60. The van der Waals surface area contributed by atoms with E-state index in [1.807, 2.05) is 0 Å². The van der Waals surface area contributed by atoms with Crippen molar-refractivity contribution in [2.75, 3.05) is 13.2 Å². The lowest BCUT2D eigenvalue weighted by atomic mass is 10.0. The van der Waals surface area contributed by atoms with Gasteiger partial charge in [0, 0.05) is 22.8 Å². The molecule has 0 radical (unpaired) electrons. The zero-order valence-electron chi connectivity index (χ0n) is 19.6. The predicted octanol–water partition coefficient (Wildman–Crippen LogP) is 9.72. The molecule has 0 N–H and O–H groups in total. The molecule has 0 aliphatic rings. The van der Waals surface area contributed by atoms with Crippen molar-refractivity contribution < 1.29 is 4.74 Å². The molecule has 0 saturated carbocycles. The molecular weight excluding hydrogens is 416 g/mol. The van der Waals surface area contributed by atoms with Gasteiger partial charge in [-0.15, -0.1) is 22.7 Å². The Bertz CT molecular complexity index is 705. The zero-order valence-corrected chi connectivity index (χ0v) is 21.3. The molecule has 0 atom stereocenters. The summed E-state index contributed by atoms with van der Waals surface area (Å²) in [4.78, 5) is 3.79. The molecule has 0 amide bonds. The van der Waals surface area contributed by atoms with Gasteiger partial charge in [0.05, 0.1) is 11.5 Å². The van der Waals surface area contributed by atoms with Crippen LogP contribution >= 0.6 is 22.7 Å². The zero-order chi connectivity index (χ0) is 21.8. The fraction of sp³-hybridized carbons (Fsp3) is 0.643. The van der Waals surface area contributed by atoms with Gasteiger partial charge in [0.25, 0.3) is 0 Å². The normalized spacial score (nSPS) is 10.9. The van der Waals surface area contributed by atoms with E-state index >= 15 is 0 Å². The molecule has 0 aliphatic carbocycles. The molecule has 2 rings (SSSR count). The standard InChI is InChI=1S/C28H42OS2/c1-2-3-4-5-6-7-8-9-10-11-12-13-14-16-23-29-24-17-15-19-26-21-22-28(31-26)27-20-18-25-30-27/h18,20-22,25H,2-14,16-17,23-24H2,1H3. The first-order chi connectivity index (χ1) is 15.4. The van der Waals surface area contributed by atoms with Crippen LogP contribution in [0, 0.1) is 11.8 Å². The van der Waals surface area contributed by atoms with Gasteiger partial charge in [0.2, 0.25) is 0 Å². The number of hydrogen-bond donors (Lipinski definition) is 0. The summed E-state index contributed by atoms with van der Waals surface area (Å²) in [5.41, 5.74) is 0. The van der Waals surface area contributed by atoms with Crippen LogP contribution in [-0.4, -0.2) is 13.2 Å². The van der Waals surface area contributed by atoms with Crippen molar-refractivity contribution in [3.8, 4) is 21.6 Å². The Morgan fingerprint density at radius 2 is 1.35 bits per heavy atom. The van der Waals surface area contributed by atoms with E-state index in [2.05, 4.69) is 48.4 Å². The van der Waals surface area contributed by atoms with Crippen LogP contribution in [0.2, 0.25) is 0 Å². The average Bonchev–Trinajstić information content (AvgIpc) is 3.47. The summed E-state index contributed by atoms with van der Waals surface area (Å²) < 4.78 is 5.75. The third-order valence-corrected chi connectivity index (χ3v) is 7.66. The van der Waals surface area contributed by atoms with Crippen LogP contribution in [0.1, 0.15) is 108 Å². The molecule has 0 aromatic carbocycles. The topological polar surface area (TPSA) is 9.23 Å². The van der Waals surface area contributed by atoms with Crippen molar-refractivity contribution in [1.82, 2.24) is 0 Å². The molecule has 0 bridgehead atoms. The molecule has 0 saturated heterocycles. The number of thiophene rings is 2. The number of hydrogen-bond acceptors (Lipinski definition) is 3. The summed E-state index contributed by atoms with van der Waals surface area (Å²) in [7, 11) is 0. The van der Waals surface area contributed by atoms with Crippen LogP contribution < -0.4 is 0 Å². The van der Waals surface area contributed by atoms with Crippen molar-refractivity contribution in [2.45, 2.75) is 103 Å². The molecule has 2 aromatic rings. The lowest BCUT2D eigenvalue weighted by Crippen LogP contribution is -1.96. The molecule has 0 spiro atoms. The summed E-state index contributed by atoms with van der Waals surface area (Å²) in [6.07, 6.45) is 20.4. The maximum Gasteiger partial charge on any atom is 0.0775 e. The molecular formula is C28H42OS2. The summed E-state index contributed by atoms with van der Waals surface area (Å²) in [5.74, 6) is 6.53. The van der Waals surface area contributed by atoms with Crippen LogP contribution in [0.15, 0.2) is 29.6 Å². The number of ether oxygens (including phenoxy) is 1. The van der Waals surface area contributed by atoms with Gasteiger partial charge < -0.3 is 4.74 Å². The Kier molecular flexibility index (Phi) is 15.6. The Labute approximate surface area is 199 Å². The minimum Gasteiger partial charge on any atom is -0.380 e. The summed E-state index contributed by atoms with van der Waals surface area (Å²) in [6.45, 7) is 3.94. The molecule has 172 valence electrons. The molecule has 0 fully saturated rings. The van der Waals surface area contributed by atoms with Gasteiger partial charge in [-0.1, -0.05) is 108 Å². The SMILES string of the molecule is CCCCCCCCCCCCCCCCOCCC#Cc1ccc(-c2cccs2)s1. The first kappa shape index (κ1) is 26.2. The van der Waals surface area contributed by atoms with Crippen LogP contribution in [-0.2, 0) is 4.74 Å². The average molecular weight is 459 g/mol. The lowest BCUT2D eigenvalue weighted by Gasteiger charge is -2.04. The second kappa shape index (κ2) is 18.5. The highest BCUT2D eigenvalue weighted by molar-refractivity contribution is 7.21. The molecule has 31 heavy (non-hydrogen) atoms. The molecule has 1 nitrogen and oxygen atoms in total. The summed E-state index contributed by atoms with van der Waals surface area (Å²) in [6, 6.07) is 8.56. The van der Waals surface area contributed by atoms with Gasteiger partial charge in [0.15, 0.2) is 0 Å². The maximum absolute atomic E-state index is 5.75. The number of unbranched alkanes of at least 4 members (excludes halogenated alkanes) is 13. The van der Waals surface area contributed by atoms with Crippen LogP contribution in [0.4, 0.5) is 0 Å². The first-order valence-electron chi connectivity index (χ1n) is 12.6. The van der Waals surface area contributed by atoms with E-state index < -0.39 is 0 Å². The van der Waals surface area contributed by atoms with Crippen LogP contribution in [0.3, 0.4) is 0 Å². The maximum atomic E-state index is 5.75. The molecule has 0 unspecified atom stereocenters. The smallest absolute Gasteiger partial charge is 0.0775 e. The second-order valence-electron chi connectivity index (χ2n) is 8.40. The quantitative estimate of drug-likeness (QED) is 0.159. The van der Waals surface area contributed by atoms with E-state index in [1.165, 1.54) is 99.6 Å². The Hall–Kier alpha value is -1.08. The second-order valence-corrected chi connectivity index (χ2v) is 10.4. The Balaban J connectivity index is 1.32. The van der Waals surface area contributed by atoms with Crippen molar-refractivity contribution in [2.24, 2.45) is 0 Å². The van der Waals surface area contributed by atoms with E-state index in [9.17, 15) is 0 Å². The third kappa shape index (κ3) is 13.2. The van der Waals surface area contributed by atoms with E-state index in [0.29, 0.717) is 0 Å². The highest BCUT2D eigenvalue weighted by Crippen LogP contribution is 2.31. The molecule has 2 aromatic heterocycles. The highest BCUT2D eigenvalue weighted by Gasteiger charge is 2.01. The van der Waals surface area contributed by atoms with Gasteiger partial charge >= 0.3 is 0 Å². The van der Waals surface area contributed by atoms with Gasteiger partial charge in [-0.2, -0.15) is 0 Å². The molecule has 2 heterocycles. The Morgan fingerprint density at radius 3 is 1.97 bits per heavy atom. The molecule has 3 heteroatoms. The van der Waals surface area contributed by atoms with Gasteiger partial charge in [-0.05, 0) is 30.0 Å². The van der Waals surface area contributed by atoms with E-state index in [0.717, 1.165) is 24.5 Å². The first-order valence-corrected chi connectivity index (χ1v) is 14.3. The van der Waals surface area contributed by atoms with Gasteiger partial charge in [0.1, 0.15) is 0 Å². The van der Waals surface area contributed by atoms with Crippen LogP contribution in [0.5, 0.6) is 0 Å². The minimum atomic E-state index is 0.759. The van der Waals surface area contributed by atoms with Crippen LogP contribution in [0.25, 0.3) is 9.75 Å². The van der Waals surface area contributed by atoms with E-state index in [-0.39, 0.29) is 0 Å². The van der Waals surface area contributed by atoms with E-state index in [4.69, 9.17) is 4.74 Å². The van der Waals surface area contributed by atoms with Crippen molar-refractivity contribution in [1.29, 1.82) is 0 Å². The number of rotatable bonds is 18. The van der Waals surface area contributed by atoms with Crippen molar-refractivity contribution >= 4 is 22.7 Å². The highest BCUT2D eigenvalue weighted by atomic mass is 32.1. The van der Waals surface area contributed by atoms with E-state index in [1.54, 1.807) is 22.7 Å². The Morgan fingerprint density at radius 1 is 0.710 bits per heavy atom. The predicted molar refractivity (Wildman–Crippen MR) is 140 cm³/mol. The van der Waals surface area contributed by atoms with Crippen molar-refractivity contribution in [3.05, 3.63) is 34.5 Å². The summed E-state index contributed by atoms with van der Waals surface area (Å²) >= 11 is 3.56. The van der Waals surface area contributed by atoms with Gasteiger partial charge in [-0.25, -0.2) is 0 Å². The molecule has 0 aliphatic heterocycles.